The van der Waals surface area contributed by atoms with Gasteiger partial charge >= 0.3 is 0 Å². The average Bonchev–Trinajstić information content (AvgIpc) is 3.40. The number of hydrogen-bond acceptors (Lipinski definition) is 5. The number of aliphatic hydroxyl groups is 1. The van der Waals surface area contributed by atoms with Crippen molar-refractivity contribution >= 4 is 40.7 Å². The van der Waals surface area contributed by atoms with Crippen LogP contribution in [-0.4, -0.2) is 59.9 Å². The van der Waals surface area contributed by atoms with Gasteiger partial charge in [-0.15, -0.1) is 0 Å². The first-order chi connectivity index (χ1) is 15.8. The molecule has 2 aromatic carbocycles. The molecule has 0 aliphatic carbocycles. The molecule has 1 unspecified atom stereocenters. The number of aliphatic hydroxyl groups excluding tert-OH is 1. The monoisotopic (exact) mass is 492 g/mol. The molecular formula is C24H23Cl2FN2O4. The van der Waals surface area contributed by atoms with Crippen molar-refractivity contribution in [3.8, 4) is 5.75 Å². The van der Waals surface area contributed by atoms with Crippen LogP contribution in [0, 0.1) is 5.82 Å². The third kappa shape index (κ3) is 4.58. The first kappa shape index (κ1) is 23.5. The summed E-state index contributed by atoms with van der Waals surface area (Å²) >= 11 is 12.3. The lowest BCUT2D eigenvalue weighted by Gasteiger charge is -2.27. The first-order valence-electron chi connectivity index (χ1n) is 10.6. The number of methoxy groups -OCH3 is 1. The number of likely N-dealkylation sites (tertiary alicyclic amines) is 2. The van der Waals surface area contributed by atoms with Gasteiger partial charge in [0.05, 0.1) is 28.8 Å². The predicted octanol–water partition coefficient (Wildman–Crippen LogP) is 4.66. The molecule has 9 heteroatoms. The molecule has 4 rings (SSSR count). The van der Waals surface area contributed by atoms with Crippen LogP contribution in [0.25, 0.3) is 5.76 Å². The number of rotatable bonds is 6. The molecule has 1 amide bonds. The van der Waals surface area contributed by atoms with Crippen LogP contribution in [0.4, 0.5) is 4.39 Å². The van der Waals surface area contributed by atoms with Crippen LogP contribution >= 0.6 is 23.2 Å². The SMILES string of the molecule is COc1ccc(/C(O)=C2\C(=O)C(=O)N(CCN3CCCC3)C2c2ccc(Cl)c(Cl)c2)cc1F. The van der Waals surface area contributed by atoms with E-state index in [2.05, 4.69) is 4.90 Å². The largest absolute Gasteiger partial charge is 0.507 e. The summed E-state index contributed by atoms with van der Waals surface area (Å²) in [5, 5.41) is 11.6. The van der Waals surface area contributed by atoms with Gasteiger partial charge in [-0.25, -0.2) is 4.39 Å². The predicted molar refractivity (Wildman–Crippen MR) is 124 cm³/mol. The van der Waals surface area contributed by atoms with Crippen molar-refractivity contribution < 1.29 is 23.8 Å². The fourth-order valence-electron chi connectivity index (χ4n) is 4.36. The van der Waals surface area contributed by atoms with E-state index in [1.54, 1.807) is 18.2 Å². The molecule has 2 fully saturated rings. The molecule has 0 spiro atoms. The zero-order valence-corrected chi connectivity index (χ0v) is 19.5. The summed E-state index contributed by atoms with van der Waals surface area (Å²) in [6, 6.07) is 7.78. The number of carbonyl (C=O) groups is 2. The Morgan fingerprint density at radius 2 is 1.82 bits per heavy atom. The number of amides is 1. The lowest BCUT2D eigenvalue weighted by molar-refractivity contribution is -0.140. The maximum atomic E-state index is 14.3. The molecule has 0 saturated carbocycles. The normalized spacial score (nSPS) is 20.6. The topological polar surface area (TPSA) is 70.1 Å². The molecule has 2 aliphatic heterocycles. The van der Waals surface area contributed by atoms with Crippen LogP contribution in [0.3, 0.4) is 0 Å². The van der Waals surface area contributed by atoms with E-state index in [0.29, 0.717) is 23.7 Å². The molecule has 33 heavy (non-hydrogen) atoms. The Hall–Kier alpha value is -2.61. The smallest absolute Gasteiger partial charge is 0.295 e. The van der Waals surface area contributed by atoms with Crippen LogP contribution in [0.15, 0.2) is 42.0 Å². The third-order valence-electron chi connectivity index (χ3n) is 6.08. The van der Waals surface area contributed by atoms with Gasteiger partial charge in [0.15, 0.2) is 11.6 Å². The molecule has 2 aliphatic rings. The fraction of sp³-hybridized carbons (Fsp3) is 0.333. The van der Waals surface area contributed by atoms with Crippen molar-refractivity contribution in [1.82, 2.24) is 9.80 Å². The highest BCUT2D eigenvalue weighted by molar-refractivity contribution is 6.46. The Bertz CT molecular complexity index is 1130. The molecule has 6 nitrogen and oxygen atoms in total. The lowest BCUT2D eigenvalue weighted by Crippen LogP contribution is -2.37. The zero-order chi connectivity index (χ0) is 23.7. The summed E-state index contributed by atoms with van der Waals surface area (Å²) < 4.78 is 19.2. The summed E-state index contributed by atoms with van der Waals surface area (Å²) in [5.41, 5.74) is 0.473. The second kappa shape index (κ2) is 9.71. The molecular weight excluding hydrogens is 470 g/mol. The maximum Gasteiger partial charge on any atom is 0.295 e. The summed E-state index contributed by atoms with van der Waals surface area (Å²) in [6.07, 6.45) is 2.19. The van der Waals surface area contributed by atoms with Gasteiger partial charge in [-0.1, -0.05) is 29.3 Å². The van der Waals surface area contributed by atoms with E-state index >= 15 is 0 Å². The Labute approximate surface area is 201 Å². The Balaban J connectivity index is 1.79. The first-order valence-corrected chi connectivity index (χ1v) is 11.4. The molecule has 2 heterocycles. The number of ketones is 1. The van der Waals surface area contributed by atoms with Crippen molar-refractivity contribution in [1.29, 1.82) is 0 Å². The second-order valence-corrected chi connectivity index (χ2v) is 8.88. The number of nitrogens with zero attached hydrogens (tertiary/aromatic N) is 2. The molecule has 1 N–H and O–H groups in total. The fourth-order valence-corrected chi connectivity index (χ4v) is 4.67. The van der Waals surface area contributed by atoms with Gasteiger partial charge in [-0.3, -0.25) is 9.59 Å². The number of Topliss-reactive ketones (excluding diaryl/α,β-unsaturated/α-hetero) is 1. The molecule has 0 radical (unpaired) electrons. The van der Waals surface area contributed by atoms with Gasteiger partial charge in [0.1, 0.15) is 5.76 Å². The minimum Gasteiger partial charge on any atom is -0.507 e. The van der Waals surface area contributed by atoms with Crippen molar-refractivity contribution in [3.63, 3.8) is 0 Å². The van der Waals surface area contributed by atoms with Crippen LogP contribution in [0.5, 0.6) is 5.75 Å². The number of halogens is 3. The van der Waals surface area contributed by atoms with Gasteiger partial charge in [0, 0.05) is 18.7 Å². The van der Waals surface area contributed by atoms with E-state index < -0.39 is 29.3 Å². The summed E-state index contributed by atoms with van der Waals surface area (Å²) in [6.45, 7) is 2.77. The van der Waals surface area contributed by atoms with Gasteiger partial charge in [-0.2, -0.15) is 0 Å². The van der Waals surface area contributed by atoms with Crippen molar-refractivity contribution in [2.75, 3.05) is 33.3 Å². The van der Waals surface area contributed by atoms with E-state index in [9.17, 15) is 19.1 Å². The molecule has 2 aromatic rings. The summed E-state index contributed by atoms with van der Waals surface area (Å²) in [5.74, 6) is -2.72. The zero-order valence-electron chi connectivity index (χ0n) is 18.0. The Morgan fingerprint density at radius 1 is 1.09 bits per heavy atom. The van der Waals surface area contributed by atoms with E-state index in [0.717, 1.165) is 32.0 Å². The van der Waals surface area contributed by atoms with Gasteiger partial charge < -0.3 is 19.6 Å². The van der Waals surface area contributed by atoms with E-state index in [-0.39, 0.29) is 21.9 Å². The summed E-state index contributed by atoms with van der Waals surface area (Å²) in [4.78, 5) is 29.8. The van der Waals surface area contributed by atoms with Crippen LogP contribution in [0.1, 0.15) is 30.0 Å². The minimum absolute atomic E-state index is 0.00125. The molecule has 0 aromatic heterocycles. The van der Waals surface area contributed by atoms with E-state index in [1.165, 1.54) is 24.1 Å². The molecule has 0 bridgehead atoms. The Kier molecular flexibility index (Phi) is 6.93. The number of carbonyl (C=O) groups excluding carboxylic acids is 2. The number of benzene rings is 2. The Morgan fingerprint density at radius 3 is 2.45 bits per heavy atom. The van der Waals surface area contributed by atoms with Crippen LogP contribution in [0.2, 0.25) is 10.0 Å². The number of hydrogen-bond donors (Lipinski definition) is 1. The standard InChI is InChI=1S/C24H23Cl2FN2O4/c1-33-19-7-5-15(13-18(19)27)22(30)20-21(14-4-6-16(25)17(26)12-14)29(24(32)23(20)31)11-10-28-8-2-3-9-28/h4-7,12-13,21,30H,2-3,8-11H2,1H3/b22-20+. The minimum atomic E-state index is -0.882. The molecule has 174 valence electrons. The molecule has 1 atom stereocenters. The quantitative estimate of drug-likeness (QED) is 0.360. The van der Waals surface area contributed by atoms with Crippen molar-refractivity contribution in [3.05, 3.63) is 69.0 Å². The second-order valence-electron chi connectivity index (χ2n) is 8.06. The van der Waals surface area contributed by atoms with Gasteiger partial charge in [0.2, 0.25) is 0 Å². The highest BCUT2D eigenvalue weighted by atomic mass is 35.5. The highest BCUT2D eigenvalue weighted by Gasteiger charge is 2.46. The van der Waals surface area contributed by atoms with E-state index in [4.69, 9.17) is 27.9 Å². The van der Waals surface area contributed by atoms with Gasteiger partial charge in [-0.05, 0) is 61.8 Å². The average molecular weight is 493 g/mol. The number of ether oxygens (including phenoxy) is 1. The summed E-state index contributed by atoms with van der Waals surface area (Å²) in [7, 11) is 1.33. The maximum absolute atomic E-state index is 14.3. The third-order valence-corrected chi connectivity index (χ3v) is 6.82. The van der Waals surface area contributed by atoms with E-state index in [1.807, 2.05) is 0 Å². The molecule has 2 saturated heterocycles. The van der Waals surface area contributed by atoms with Crippen LogP contribution < -0.4 is 4.74 Å². The lowest BCUT2D eigenvalue weighted by atomic mass is 9.95. The van der Waals surface area contributed by atoms with Crippen LogP contribution in [-0.2, 0) is 9.59 Å². The van der Waals surface area contributed by atoms with Gasteiger partial charge in [0.25, 0.3) is 11.7 Å². The highest BCUT2D eigenvalue weighted by Crippen LogP contribution is 2.41. The van der Waals surface area contributed by atoms with Crippen molar-refractivity contribution in [2.24, 2.45) is 0 Å². The van der Waals surface area contributed by atoms with Crippen molar-refractivity contribution in [2.45, 2.75) is 18.9 Å².